The maximum absolute atomic E-state index is 12.4. The number of anilines is 1. The number of thioether (sulfide) groups is 1. The van der Waals surface area contributed by atoms with Crippen molar-refractivity contribution in [2.24, 2.45) is 0 Å². The molecule has 0 aliphatic carbocycles. The lowest BCUT2D eigenvalue weighted by Gasteiger charge is -2.34. The van der Waals surface area contributed by atoms with E-state index in [1.165, 1.54) is 4.90 Å². The molecule has 1 amide bonds. The lowest BCUT2D eigenvalue weighted by Crippen LogP contribution is -2.42. The summed E-state index contributed by atoms with van der Waals surface area (Å²) in [6.45, 7) is 4.02. The Labute approximate surface area is 152 Å². The van der Waals surface area contributed by atoms with Crippen LogP contribution in [0.1, 0.15) is 18.9 Å². The summed E-state index contributed by atoms with van der Waals surface area (Å²) in [5.41, 5.74) is 2.21. The number of hydrogen-bond donors (Lipinski definition) is 1. The van der Waals surface area contributed by atoms with Crippen molar-refractivity contribution in [2.75, 3.05) is 18.0 Å². The van der Waals surface area contributed by atoms with Crippen LogP contribution in [0.25, 0.3) is 0 Å². The van der Waals surface area contributed by atoms with Crippen molar-refractivity contribution in [3.8, 4) is 0 Å². The molecule has 0 saturated carbocycles. The van der Waals surface area contributed by atoms with Crippen molar-refractivity contribution in [2.45, 2.75) is 30.0 Å². The second-order valence-corrected chi connectivity index (χ2v) is 7.68. The van der Waals surface area contributed by atoms with Crippen LogP contribution in [-0.4, -0.2) is 24.2 Å². The fraction of sp³-hybridized carbons (Fsp3) is 0.316. The van der Waals surface area contributed by atoms with Crippen LogP contribution in [0.5, 0.6) is 0 Å². The second-order valence-electron chi connectivity index (χ2n) is 5.90. The highest BCUT2D eigenvalue weighted by molar-refractivity contribution is 8.00. The Morgan fingerprint density at radius 2 is 2.00 bits per heavy atom. The van der Waals surface area contributed by atoms with Gasteiger partial charge in [0.25, 0.3) is 0 Å². The zero-order valence-corrected chi connectivity index (χ0v) is 15.2. The average molecular weight is 361 g/mol. The smallest absolute Gasteiger partial charge is 0.239 e. The molecule has 0 fully saturated rings. The van der Waals surface area contributed by atoms with E-state index in [2.05, 4.69) is 35.3 Å². The minimum atomic E-state index is 0.0431. The Bertz CT molecular complexity index is 705. The second kappa shape index (κ2) is 7.95. The van der Waals surface area contributed by atoms with E-state index in [4.69, 9.17) is 11.6 Å². The van der Waals surface area contributed by atoms with Gasteiger partial charge in [-0.3, -0.25) is 4.79 Å². The minimum Gasteiger partial charge on any atom is -0.360 e. The lowest BCUT2D eigenvalue weighted by atomic mass is 10.2. The number of amides is 1. The Hall–Kier alpha value is -1.65. The molecular formula is C19H21ClN2OS. The molecule has 0 unspecified atom stereocenters. The number of hydrogen-bond acceptors (Lipinski definition) is 3. The van der Waals surface area contributed by atoms with Crippen LogP contribution in [-0.2, 0) is 11.3 Å². The van der Waals surface area contributed by atoms with E-state index in [0.29, 0.717) is 23.4 Å². The van der Waals surface area contributed by atoms with Crippen LogP contribution in [0, 0.1) is 0 Å². The standard InChI is InChI=1S/C19H21ClN2OS/c1-2-16-12-22(17-5-3-4-6-18(17)24-16)13-19(23)21-11-14-7-9-15(20)10-8-14/h3-10,16H,2,11-13H2,1H3,(H,21,23)/t16-/m1/s1. The maximum Gasteiger partial charge on any atom is 0.239 e. The molecule has 1 aliphatic rings. The highest BCUT2D eigenvalue weighted by atomic mass is 35.5. The summed E-state index contributed by atoms with van der Waals surface area (Å²) in [4.78, 5) is 15.8. The number of nitrogens with one attached hydrogen (secondary N) is 1. The van der Waals surface area contributed by atoms with Gasteiger partial charge >= 0.3 is 0 Å². The molecule has 3 nitrogen and oxygen atoms in total. The average Bonchev–Trinajstić information content (AvgIpc) is 2.61. The van der Waals surface area contributed by atoms with Crippen molar-refractivity contribution >= 4 is 35.0 Å². The predicted molar refractivity (Wildman–Crippen MR) is 102 cm³/mol. The summed E-state index contributed by atoms with van der Waals surface area (Å²) in [5.74, 6) is 0.0431. The number of para-hydroxylation sites is 1. The highest BCUT2D eigenvalue weighted by Gasteiger charge is 2.25. The molecule has 24 heavy (non-hydrogen) atoms. The van der Waals surface area contributed by atoms with Crippen LogP contribution in [0.15, 0.2) is 53.4 Å². The largest absolute Gasteiger partial charge is 0.360 e. The summed E-state index contributed by atoms with van der Waals surface area (Å²) < 4.78 is 0. The quantitative estimate of drug-likeness (QED) is 0.860. The number of carbonyl (C=O) groups excluding carboxylic acids is 1. The van der Waals surface area contributed by atoms with Gasteiger partial charge in [0.15, 0.2) is 0 Å². The van der Waals surface area contributed by atoms with Gasteiger partial charge in [0.1, 0.15) is 0 Å². The topological polar surface area (TPSA) is 32.3 Å². The molecule has 0 aromatic heterocycles. The fourth-order valence-corrected chi connectivity index (χ4v) is 4.15. The van der Waals surface area contributed by atoms with Gasteiger partial charge < -0.3 is 10.2 Å². The summed E-state index contributed by atoms with van der Waals surface area (Å²) in [6.07, 6.45) is 1.10. The first-order valence-electron chi connectivity index (χ1n) is 8.17. The molecule has 1 atom stereocenters. The molecule has 0 bridgehead atoms. The molecule has 126 valence electrons. The van der Waals surface area contributed by atoms with E-state index in [9.17, 15) is 4.79 Å². The first-order valence-corrected chi connectivity index (χ1v) is 9.43. The number of carbonyl (C=O) groups is 1. The minimum absolute atomic E-state index is 0.0431. The normalized spacial score (nSPS) is 16.6. The third kappa shape index (κ3) is 4.25. The van der Waals surface area contributed by atoms with Crippen LogP contribution in [0.3, 0.4) is 0 Å². The van der Waals surface area contributed by atoms with Crippen LogP contribution in [0.2, 0.25) is 5.02 Å². The molecule has 0 spiro atoms. The molecule has 1 aliphatic heterocycles. The summed E-state index contributed by atoms with van der Waals surface area (Å²) in [5, 5.41) is 4.24. The van der Waals surface area contributed by atoms with Crippen molar-refractivity contribution in [3.05, 3.63) is 59.1 Å². The molecule has 0 radical (unpaired) electrons. The molecule has 2 aromatic carbocycles. The molecular weight excluding hydrogens is 340 g/mol. The number of fused-ring (bicyclic) bond motifs is 1. The summed E-state index contributed by atoms with van der Waals surface area (Å²) >= 11 is 7.80. The predicted octanol–water partition coefficient (Wildman–Crippen LogP) is 4.35. The number of rotatable bonds is 5. The first-order chi connectivity index (χ1) is 11.7. The van der Waals surface area contributed by atoms with Crippen molar-refractivity contribution < 1.29 is 4.79 Å². The Kier molecular flexibility index (Phi) is 5.69. The Morgan fingerprint density at radius 3 is 2.75 bits per heavy atom. The van der Waals surface area contributed by atoms with Crippen molar-refractivity contribution in [1.82, 2.24) is 5.32 Å². The van der Waals surface area contributed by atoms with E-state index in [0.717, 1.165) is 24.2 Å². The Morgan fingerprint density at radius 1 is 1.25 bits per heavy atom. The van der Waals surface area contributed by atoms with Gasteiger partial charge in [-0.05, 0) is 36.2 Å². The Balaban J connectivity index is 1.62. The van der Waals surface area contributed by atoms with Crippen LogP contribution >= 0.6 is 23.4 Å². The summed E-state index contributed by atoms with van der Waals surface area (Å²) in [7, 11) is 0. The van der Waals surface area contributed by atoms with Gasteiger partial charge in [0.2, 0.25) is 5.91 Å². The van der Waals surface area contributed by atoms with E-state index in [-0.39, 0.29) is 5.91 Å². The van der Waals surface area contributed by atoms with Crippen molar-refractivity contribution in [3.63, 3.8) is 0 Å². The zero-order valence-electron chi connectivity index (χ0n) is 13.7. The SMILES string of the molecule is CC[C@@H]1CN(CC(=O)NCc2ccc(Cl)cc2)c2ccccc2S1. The highest BCUT2D eigenvalue weighted by Crippen LogP contribution is 2.39. The third-order valence-electron chi connectivity index (χ3n) is 4.12. The van der Waals surface area contributed by atoms with E-state index in [1.807, 2.05) is 42.1 Å². The van der Waals surface area contributed by atoms with Gasteiger partial charge in [-0.15, -0.1) is 11.8 Å². The van der Waals surface area contributed by atoms with Gasteiger partial charge in [-0.25, -0.2) is 0 Å². The molecule has 1 heterocycles. The summed E-state index contributed by atoms with van der Waals surface area (Å²) in [6, 6.07) is 15.9. The number of halogens is 1. The fourth-order valence-electron chi connectivity index (χ4n) is 2.77. The molecule has 0 saturated heterocycles. The monoisotopic (exact) mass is 360 g/mol. The zero-order chi connectivity index (χ0) is 16.9. The van der Waals surface area contributed by atoms with Gasteiger partial charge in [0.05, 0.1) is 12.2 Å². The van der Waals surface area contributed by atoms with Gasteiger partial charge in [-0.2, -0.15) is 0 Å². The number of benzene rings is 2. The van der Waals surface area contributed by atoms with Crippen molar-refractivity contribution in [1.29, 1.82) is 0 Å². The van der Waals surface area contributed by atoms with E-state index >= 15 is 0 Å². The lowest BCUT2D eigenvalue weighted by molar-refractivity contribution is -0.119. The van der Waals surface area contributed by atoms with E-state index in [1.54, 1.807) is 0 Å². The maximum atomic E-state index is 12.4. The number of nitrogens with zero attached hydrogens (tertiary/aromatic N) is 1. The van der Waals surface area contributed by atoms with Crippen LogP contribution < -0.4 is 10.2 Å². The van der Waals surface area contributed by atoms with E-state index < -0.39 is 0 Å². The molecule has 2 aromatic rings. The molecule has 3 rings (SSSR count). The molecule has 5 heteroatoms. The van der Waals surface area contributed by atoms with Gasteiger partial charge in [0, 0.05) is 28.3 Å². The first kappa shape index (κ1) is 17.2. The van der Waals surface area contributed by atoms with Crippen LogP contribution in [0.4, 0.5) is 5.69 Å². The third-order valence-corrected chi connectivity index (χ3v) is 5.78. The molecule has 1 N–H and O–H groups in total. The van der Waals surface area contributed by atoms with Gasteiger partial charge in [-0.1, -0.05) is 42.8 Å².